The maximum absolute atomic E-state index is 13.8. The summed E-state index contributed by atoms with van der Waals surface area (Å²) in [4.78, 5) is 2.26. The van der Waals surface area contributed by atoms with Crippen LogP contribution in [0, 0.1) is 11.6 Å². The number of hydrogen-bond donors (Lipinski definition) is 0. The van der Waals surface area contributed by atoms with Crippen molar-refractivity contribution in [1.82, 2.24) is 4.90 Å². The fourth-order valence-electron chi connectivity index (χ4n) is 3.76. The SMILES string of the molecule is CN1CCC2(CC1)OC(c1ccc(F)cc1)c1ccc(F)cc12. The first kappa shape index (κ1) is 14.8. The van der Waals surface area contributed by atoms with Crippen molar-refractivity contribution in [3.05, 3.63) is 70.8 Å². The summed E-state index contributed by atoms with van der Waals surface area (Å²) in [7, 11) is 2.09. The zero-order chi connectivity index (χ0) is 16.0. The Balaban J connectivity index is 1.78. The van der Waals surface area contributed by atoms with Gasteiger partial charge in [-0.3, -0.25) is 0 Å². The third-order valence-electron chi connectivity index (χ3n) is 5.10. The Morgan fingerprint density at radius 2 is 1.65 bits per heavy atom. The smallest absolute Gasteiger partial charge is 0.123 e. The molecule has 0 aliphatic carbocycles. The normalized spacial score (nSPS) is 23.2. The first-order chi connectivity index (χ1) is 11.1. The quantitative estimate of drug-likeness (QED) is 0.788. The van der Waals surface area contributed by atoms with Crippen molar-refractivity contribution in [2.45, 2.75) is 24.5 Å². The van der Waals surface area contributed by atoms with Crippen molar-refractivity contribution in [1.29, 1.82) is 0 Å². The van der Waals surface area contributed by atoms with E-state index in [1.165, 1.54) is 18.2 Å². The Hall–Kier alpha value is -1.78. The van der Waals surface area contributed by atoms with Gasteiger partial charge in [0.15, 0.2) is 0 Å². The molecule has 2 aromatic carbocycles. The summed E-state index contributed by atoms with van der Waals surface area (Å²) in [6.45, 7) is 1.85. The molecular formula is C19H19F2NO. The third kappa shape index (κ3) is 2.46. The van der Waals surface area contributed by atoms with Gasteiger partial charge in [0, 0.05) is 13.1 Å². The van der Waals surface area contributed by atoms with Crippen LogP contribution in [0.4, 0.5) is 8.78 Å². The first-order valence-electron chi connectivity index (χ1n) is 7.99. The highest BCUT2D eigenvalue weighted by molar-refractivity contribution is 5.44. The lowest BCUT2D eigenvalue weighted by molar-refractivity contribution is -0.0941. The van der Waals surface area contributed by atoms with Crippen LogP contribution < -0.4 is 0 Å². The summed E-state index contributed by atoms with van der Waals surface area (Å²) >= 11 is 0. The molecule has 2 aliphatic heterocycles. The fraction of sp³-hybridized carbons (Fsp3) is 0.368. The van der Waals surface area contributed by atoms with Gasteiger partial charge in [0.05, 0.1) is 5.60 Å². The Bertz CT molecular complexity index is 721. The molecular weight excluding hydrogens is 296 g/mol. The molecule has 23 heavy (non-hydrogen) atoms. The van der Waals surface area contributed by atoms with E-state index in [4.69, 9.17) is 4.74 Å². The van der Waals surface area contributed by atoms with Crippen LogP contribution in [0.1, 0.15) is 35.6 Å². The maximum Gasteiger partial charge on any atom is 0.123 e. The fourth-order valence-corrected chi connectivity index (χ4v) is 3.76. The number of piperidine rings is 1. The van der Waals surface area contributed by atoms with Crippen molar-refractivity contribution in [2.24, 2.45) is 0 Å². The average Bonchev–Trinajstić information content (AvgIpc) is 2.85. The van der Waals surface area contributed by atoms with E-state index in [1.54, 1.807) is 18.2 Å². The van der Waals surface area contributed by atoms with Crippen LogP contribution in [-0.2, 0) is 10.3 Å². The molecule has 2 aliphatic rings. The third-order valence-corrected chi connectivity index (χ3v) is 5.10. The van der Waals surface area contributed by atoms with Crippen LogP contribution in [0.5, 0.6) is 0 Å². The zero-order valence-corrected chi connectivity index (χ0v) is 13.1. The minimum atomic E-state index is -0.428. The van der Waals surface area contributed by atoms with E-state index in [2.05, 4.69) is 11.9 Å². The minimum Gasteiger partial charge on any atom is -0.358 e. The molecule has 2 aromatic rings. The van der Waals surface area contributed by atoms with Crippen LogP contribution in [0.3, 0.4) is 0 Å². The molecule has 0 N–H and O–H groups in total. The lowest BCUT2D eigenvalue weighted by atomic mass is 9.83. The summed E-state index contributed by atoms with van der Waals surface area (Å²) in [5.41, 5.74) is 2.45. The van der Waals surface area contributed by atoms with Gasteiger partial charge in [-0.2, -0.15) is 0 Å². The summed E-state index contributed by atoms with van der Waals surface area (Å²) in [5, 5.41) is 0. The molecule has 120 valence electrons. The van der Waals surface area contributed by atoms with E-state index in [-0.39, 0.29) is 17.7 Å². The highest BCUT2D eigenvalue weighted by Gasteiger charge is 2.46. The van der Waals surface area contributed by atoms with Crippen molar-refractivity contribution in [2.75, 3.05) is 20.1 Å². The Kier molecular flexibility index (Phi) is 3.47. The molecule has 0 saturated carbocycles. The van der Waals surface area contributed by atoms with Crippen LogP contribution >= 0.6 is 0 Å². The van der Waals surface area contributed by atoms with Gasteiger partial charge in [-0.15, -0.1) is 0 Å². The van der Waals surface area contributed by atoms with Crippen molar-refractivity contribution < 1.29 is 13.5 Å². The highest BCUT2D eigenvalue weighted by atomic mass is 19.1. The zero-order valence-electron chi connectivity index (χ0n) is 13.1. The van der Waals surface area contributed by atoms with Crippen molar-refractivity contribution >= 4 is 0 Å². The molecule has 1 atom stereocenters. The number of nitrogens with zero attached hydrogens (tertiary/aromatic N) is 1. The maximum atomic E-state index is 13.8. The van der Waals surface area contributed by atoms with Gasteiger partial charge in [0.25, 0.3) is 0 Å². The molecule has 2 nitrogen and oxygen atoms in total. The van der Waals surface area contributed by atoms with Gasteiger partial charge in [-0.1, -0.05) is 18.2 Å². The van der Waals surface area contributed by atoms with E-state index in [1.807, 2.05) is 6.07 Å². The predicted molar refractivity (Wildman–Crippen MR) is 84.1 cm³/mol. The average molecular weight is 315 g/mol. The Morgan fingerprint density at radius 3 is 2.35 bits per heavy atom. The summed E-state index contributed by atoms with van der Waals surface area (Å²) in [5.74, 6) is -0.495. The molecule has 1 spiro atoms. The van der Waals surface area contributed by atoms with Crippen LogP contribution in [0.15, 0.2) is 42.5 Å². The molecule has 2 heterocycles. The number of halogens is 2. The molecule has 0 aromatic heterocycles. The van der Waals surface area contributed by atoms with Gasteiger partial charge >= 0.3 is 0 Å². The van der Waals surface area contributed by atoms with E-state index >= 15 is 0 Å². The van der Waals surface area contributed by atoms with Crippen molar-refractivity contribution in [3.63, 3.8) is 0 Å². The molecule has 1 saturated heterocycles. The number of likely N-dealkylation sites (tertiary alicyclic amines) is 1. The van der Waals surface area contributed by atoms with E-state index in [9.17, 15) is 8.78 Å². The summed E-state index contributed by atoms with van der Waals surface area (Å²) < 4.78 is 33.5. The van der Waals surface area contributed by atoms with Gasteiger partial charge in [0.1, 0.15) is 17.7 Å². The molecule has 1 fully saturated rings. The number of hydrogen-bond acceptors (Lipinski definition) is 2. The van der Waals surface area contributed by atoms with Gasteiger partial charge in [-0.25, -0.2) is 8.78 Å². The highest BCUT2D eigenvalue weighted by Crippen LogP contribution is 2.51. The molecule has 4 heteroatoms. The van der Waals surface area contributed by atoms with Gasteiger partial charge < -0.3 is 9.64 Å². The number of ether oxygens (including phenoxy) is 1. The second kappa shape index (κ2) is 5.39. The van der Waals surface area contributed by atoms with Crippen molar-refractivity contribution in [3.8, 4) is 0 Å². The molecule has 0 bridgehead atoms. The monoisotopic (exact) mass is 315 g/mol. The molecule has 4 rings (SSSR count). The standard InChI is InChI=1S/C19H19F2NO/c1-22-10-8-19(9-11-22)17-12-15(21)6-7-16(17)18(23-19)13-2-4-14(20)5-3-13/h2-7,12,18H,8-11H2,1H3. The minimum absolute atomic E-state index is 0.231. The van der Waals surface area contributed by atoms with E-state index in [0.29, 0.717) is 0 Å². The second-order valence-electron chi connectivity index (χ2n) is 6.58. The predicted octanol–water partition coefficient (Wildman–Crippen LogP) is 4.01. The topological polar surface area (TPSA) is 12.5 Å². The molecule has 1 unspecified atom stereocenters. The number of benzene rings is 2. The molecule has 0 radical (unpaired) electrons. The Labute approximate surface area is 134 Å². The first-order valence-corrected chi connectivity index (χ1v) is 7.99. The van der Waals surface area contributed by atoms with E-state index < -0.39 is 5.60 Å². The van der Waals surface area contributed by atoms with Crippen LogP contribution in [0.25, 0.3) is 0 Å². The summed E-state index contributed by atoms with van der Waals surface area (Å²) in [6.07, 6.45) is 1.43. The molecule has 0 amide bonds. The van der Waals surface area contributed by atoms with Crippen LogP contribution in [0.2, 0.25) is 0 Å². The van der Waals surface area contributed by atoms with Gasteiger partial charge in [0.2, 0.25) is 0 Å². The van der Waals surface area contributed by atoms with Gasteiger partial charge in [-0.05, 0) is 60.8 Å². The lowest BCUT2D eigenvalue weighted by Crippen LogP contribution is -2.40. The second-order valence-corrected chi connectivity index (χ2v) is 6.58. The Morgan fingerprint density at radius 1 is 1.00 bits per heavy atom. The summed E-state index contributed by atoms with van der Waals surface area (Å²) in [6, 6.07) is 11.3. The van der Waals surface area contributed by atoms with E-state index in [0.717, 1.165) is 42.6 Å². The lowest BCUT2D eigenvalue weighted by Gasteiger charge is -2.38. The number of rotatable bonds is 1. The number of fused-ring (bicyclic) bond motifs is 2. The largest absolute Gasteiger partial charge is 0.358 e. The van der Waals surface area contributed by atoms with Crippen LogP contribution in [-0.4, -0.2) is 25.0 Å².